The Bertz CT molecular complexity index is 377. The molecule has 1 aromatic heterocycles. The van der Waals surface area contributed by atoms with E-state index in [0.717, 1.165) is 21.8 Å². The molecule has 0 N–H and O–H groups in total. The van der Waals surface area contributed by atoms with Crippen LogP contribution >= 0.6 is 27.3 Å². The van der Waals surface area contributed by atoms with Gasteiger partial charge in [0.2, 0.25) is 0 Å². The zero-order chi connectivity index (χ0) is 13.7. The van der Waals surface area contributed by atoms with Crippen LogP contribution in [0.25, 0.3) is 0 Å². The molecule has 0 radical (unpaired) electrons. The molecule has 18 heavy (non-hydrogen) atoms. The summed E-state index contributed by atoms with van der Waals surface area (Å²) in [6, 6.07) is 3.84. The van der Waals surface area contributed by atoms with Crippen molar-refractivity contribution in [3.05, 3.63) is 20.8 Å². The van der Waals surface area contributed by atoms with Crippen LogP contribution in [0, 0.1) is 11.8 Å². The molecule has 1 aromatic rings. The van der Waals surface area contributed by atoms with Crippen molar-refractivity contribution >= 4 is 33.0 Å². The predicted molar refractivity (Wildman–Crippen MR) is 82.5 cm³/mol. The van der Waals surface area contributed by atoms with E-state index in [2.05, 4.69) is 48.5 Å². The summed E-state index contributed by atoms with van der Waals surface area (Å²) in [6.45, 7) is 11.3. The molecule has 0 amide bonds. The minimum Gasteiger partial charge on any atom is -0.295 e. The molecule has 4 heteroatoms. The quantitative estimate of drug-likeness (QED) is 0.694. The third-order valence-corrected chi connectivity index (χ3v) is 4.13. The van der Waals surface area contributed by atoms with Crippen molar-refractivity contribution in [2.75, 3.05) is 19.6 Å². The van der Waals surface area contributed by atoms with Crippen molar-refractivity contribution < 1.29 is 4.79 Å². The minimum atomic E-state index is 0.229. The summed E-state index contributed by atoms with van der Waals surface area (Å²) in [5, 5.41) is 0. The van der Waals surface area contributed by atoms with Crippen molar-refractivity contribution in [2.45, 2.75) is 27.7 Å². The van der Waals surface area contributed by atoms with Crippen LogP contribution in [0.5, 0.6) is 0 Å². The van der Waals surface area contributed by atoms with Gasteiger partial charge in [-0.15, -0.1) is 11.3 Å². The lowest BCUT2D eigenvalue weighted by Gasteiger charge is -2.25. The monoisotopic (exact) mass is 331 g/mol. The fourth-order valence-corrected chi connectivity index (χ4v) is 3.30. The zero-order valence-electron chi connectivity index (χ0n) is 11.6. The first kappa shape index (κ1) is 15.9. The van der Waals surface area contributed by atoms with Gasteiger partial charge < -0.3 is 0 Å². The summed E-state index contributed by atoms with van der Waals surface area (Å²) in [5.74, 6) is 1.41. The van der Waals surface area contributed by atoms with Crippen LogP contribution in [0.3, 0.4) is 0 Å². The first-order chi connectivity index (χ1) is 8.38. The molecule has 2 nitrogen and oxygen atoms in total. The van der Waals surface area contributed by atoms with E-state index in [9.17, 15) is 4.79 Å². The van der Waals surface area contributed by atoms with Gasteiger partial charge in [0, 0.05) is 13.1 Å². The Hall–Kier alpha value is -0.190. The maximum absolute atomic E-state index is 12.2. The smallest absolute Gasteiger partial charge is 0.186 e. The van der Waals surface area contributed by atoms with Crippen LogP contribution in [0.1, 0.15) is 37.4 Å². The summed E-state index contributed by atoms with van der Waals surface area (Å²) in [6.07, 6.45) is 0. The van der Waals surface area contributed by atoms with Gasteiger partial charge in [0.05, 0.1) is 15.2 Å². The third kappa shape index (κ3) is 5.63. The number of nitrogens with zero attached hydrogens (tertiary/aromatic N) is 1. The summed E-state index contributed by atoms with van der Waals surface area (Å²) in [4.78, 5) is 15.3. The van der Waals surface area contributed by atoms with Gasteiger partial charge in [-0.1, -0.05) is 27.7 Å². The molecule has 0 atom stereocenters. The van der Waals surface area contributed by atoms with Crippen molar-refractivity contribution in [2.24, 2.45) is 11.8 Å². The fourth-order valence-electron chi connectivity index (χ4n) is 1.98. The van der Waals surface area contributed by atoms with Gasteiger partial charge >= 0.3 is 0 Å². The van der Waals surface area contributed by atoms with Gasteiger partial charge in [0.15, 0.2) is 5.78 Å². The molecule has 1 heterocycles. The molecule has 0 aliphatic heterocycles. The molecule has 0 unspecified atom stereocenters. The number of carbonyl (C=O) groups is 1. The molecule has 0 aromatic carbocycles. The zero-order valence-corrected chi connectivity index (χ0v) is 14.0. The van der Waals surface area contributed by atoms with Gasteiger partial charge in [-0.05, 0) is 39.9 Å². The van der Waals surface area contributed by atoms with Gasteiger partial charge in [-0.25, -0.2) is 0 Å². The van der Waals surface area contributed by atoms with Crippen LogP contribution in [-0.2, 0) is 0 Å². The van der Waals surface area contributed by atoms with Gasteiger partial charge in [0.1, 0.15) is 0 Å². The highest BCUT2D eigenvalue weighted by atomic mass is 79.9. The summed E-state index contributed by atoms with van der Waals surface area (Å²) in [7, 11) is 0. The van der Waals surface area contributed by atoms with E-state index in [0.29, 0.717) is 18.4 Å². The third-order valence-electron chi connectivity index (χ3n) is 2.46. The van der Waals surface area contributed by atoms with Crippen molar-refractivity contribution in [3.8, 4) is 0 Å². The maximum atomic E-state index is 12.2. The molecular formula is C14H22BrNOS. The van der Waals surface area contributed by atoms with Gasteiger partial charge in [-0.2, -0.15) is 0 Å². The van der Waals surface area contributed by atoms with Gasteiger partial charge in [-0.3, -0.25) is 9.69 Å². The Kier molecular flexibility index (Phi) is 6.53. The highest BCUT2D eigenvalue weighted by Gasteiger charge is 2.16. The second kappa shape index (κ2) is 7.41. The fraction of sp³-hybridized carbons (Fsp3) is 0.643. The van der Waals surface area contributed by atoms with Crippen molar-refractivity contribution in [1.82, 2.24) is 4.90 Å². The normalized spacial score (nSPS) is 11.8. The second-order valence-electron chi connectivity index (χ2n) is 5.51. The van der Waals surface area contributed by atoms with Crippen molar-refractivity contribution in [1.29, 1.82) is 0 Å². The molecule has 102 valence electrons. The Morgan fingerprint density at radius 1 is 1.22 bits per heavy atom. The average molecular weight is 332 g/mol. The van der Waals surface area contributed by atoms with E-state index in [1.807, 2.05) is 12.1 Å². The predicted octanol–water partition coefficient (Wildman–Crippen LogP) is 4.31. The highest BCUT2D eigenvalue weighted by Crippen LogP contribution is 2.22. The highest BCUT2D eigenvalue weighted by molar-refractivity contribution is 9.11. The van der Waals surface area contributed by atoms with Crippen LogP contribution in [0.2, 0.25) is 0 Å². The SMILES string of the molecule is CC(C)CN(CC(=O)c1ccc(Br)s1)CC(C)C. The number of hydrogen-bond donors (Lipinski definition) is 0. The lowest BCUT2D eigenvalue weighted by Crippen LogP contribution is -2.35. The molecule has 0 saturated carbocycles. The first-order valence-electron chi connectivity index (χ1n) is 6.39. The van der Waals surface area contributed by atoms with Gasteiger partial charge in [0.25, 0.3) is 0 Å². The average Bonchev–Trinajstić information content (AvgIpc) is 2.62. The number of ketones is 1. The number of Topliss-reactive ketones (excluding diaryl/α,β-unsaturated/α-hetero) is 1. The Balaban J connectivity index is 2.61. The second-order valence-corrected chi connectivity index (χ2v) is 7.97. The van der Waals surface area contributed by atoms with E-state index < -0.39 is 0 Å². The van der Waals surface area contributed by atoms with Crippen LogP contribution in [-0.4, -0.2) is 30.3 Å². The maximum Gasteiger partial charge on any atom is 0.186 e. The van der Waals surface area contributed by atoms with Crippen LogP contribution < -0.4 is 0 Å². The Labute approximate surface area is 123 Å². The molecule has 0 aliphatic carbocycles. The molecular weight excluding hydrogens is 310 g/mol. The molecule has 0 bridgehead atoms. The minimum absolute atomic E-state index is 0.229. The Morgan fingerprint density at radius 2 is 1.78 bits per heavy atom. The van der Waals surface area contributed by atoms with Crippen LogP contribution in [0.4, 0.5) is 0 Å². The largest absolute Gasteiger partial charge is 0.295 e. The van der Waals surface area contributed by atoms with E-state index in [4.69, 9.17) is 0 Å². The number of carbonyl (C=O) groups excluding carboxylic acids is 1. The number of rotatable bonds is 7. The van der Waals surface area contributed by atoms with E-state index in [1.165, 1.54) is 11.3 Å². The molecule has 0 fully saturated rings. The molecule has 1 rings (SSSR count). The van der Waals surface area contributed by atoms with Crippen LogP contribution in [0.15, 0.2) is 15.9 Å². The first-order valence-corrected chi connectivity index (χ1v) is 8.00. The lowest BCUT2D eigenvalue weighted by atomic mass is 10.1. The summed E-state index contributed by atoms with van der Waals surface area (Å²) < 4.78 is 1.02. The summed E-state index contributed by atoms with van der Waals surface area (Å²) >= 11 is 4.92. The number of halogens is 1. The lowest BCUT2D eigenvalue weighted by molar-refractivity contribution is 0.0916. The van der Waals surface area contributed by atoms with E-state index in [1.54, 1.807) is 0 Å². The van der Waals surface area contributed by atoms with E-state index in [-0.39, 0.29) is 5.78 Å². The summed E-state index contributed by atoms with van der Waals surface area (Å²) in [5.41, 5.74) is 0. The molecule has 0 saturated heterocycles. The van der Waals surface area contributed by atoms with E-state index >= 15 is 0 Å². The number of thiophene rings is 1. The molecule has 0 aliphatic rings. The molecule has 0 spiro atoms. The Morgan fingerprint density at radius 3 is 2.17 bits per heavy atom. The topological polar surface area (TPSA) is 20.3 Å². The number of hydrogen-bond acceptors (Lipinski definition) is 3. The standard InChI is InChI=1S/C14H22BrNOS/c1-10(2)7-16(8-11(3)4)9-12(17)13-5-6-14(15)18-13/h5-6,10-11H,7-9H2,1-4H3. The van der Waals surface area contributed by atoms with Crippen molar-refractivity contribution in [3.63, 3.8) is 0 Å².